The van der Waals surface area contributed by atoms with Gasteiger partial charge in [0.25, 0.3) is 0 Å². The molecule has 0 bridgehead atoms. The summed E-state index contributed by atoms with van der Waals surface area (Å²) in [6.07, 6.45) is 5.25. The van der Waals surface area contributed by atoms with E-state index in [1.54, 1.807) is 18.5 Å². The number of fused-ring (bicyclic) bond motifs is 1. The molecule has 1 amide bonds. The summed E-state index contributed by atoms with van der Waals surface area (Å²) in [7, 11) is 0. The molecular weight excluding hydrogens is 452 g/mol. The largest absolute Gasteiger partial charge is 0.446 e. The Labute approximate surface area is 202 Å². The Morgan fingerprint density at radius 1 is 1.21 bits per heavy atom. The molecule has 9 heteroatoms. The first-order valence-electron chi connectivity index (χ1n) is 11.3. The minimum Gasteiger partial charge on any atom is -0.446 e. The number of nitrogens with zero attached hydrogens (tertiary/aromatic N) is 4. The third-order valence-electron chi connectivity index (χ3n) is 5.96. The van der Waals surface area contributed by atoms with Crippen molar-refractivity contribution in [3.63, 3.8) is 0 Å². The summed E-state index contributed by atoms with van der Waals surface area (Å²) in [4.78, 5) is 28.7. The molecule has 174 valence electrons. The highest BCUT2D eigenvalue weighted by Crippen LogP contribution is 2.29. The topological polar surface area (TPSA) is 96.2 Å². The maximum absolute atomic E-state index is 12.8. The molecule has 0 aliphatic carbocycles. The molecule has 8 nitrogen and oxygen atoms in total. The number of furan rings is 1. The monoisotopic (exact) mass is 476 g/mol. The number of aromatic nitrogens is 3. The second kappa shape index (κ2) is 9.69. The first-order valence-corrected chi connectivity index (χ1v) is 11.7. The smallest absolute Gasteiger partial charge is 0.231 e. The van der Waals surface area contributed by atoms with Crippen LogP contribution >= 0.6 is 11.6 Å². The first-order chi connectivity index (χ1) is 16.6. The molecule has 1 atom stereocenters. The van der Waals surface area contributed by atoms with Crippen molar-refractivity contribution in [3.05, 3.63) is 71.2 Å². The Morgan fingerprint density at radius 3 is 2.91 bits per heavy atom. The van der Waals surface area contributed by atoms with Crippen LogP contribution < -0.4 is 15.5 Å². The number of hydrogen-bond acceptors (Lipinski definition) is 7. The number of amides is 1. The van der Waals surface area contributed by atoms with Crippen LogP contribution in [0.1, 0.15) is 24.2 Å². The van der Waals surface area contributed by atoms with Crippen LogP contribution in [0.25, 0.3) is 10.9 Å². The molecule has 0 saturated carbocycles. The van der Waals surface area contributed by atoms with Crippen molar-refractivity contribution in [1.82, 2.24) is 15.0 Å². The lowest BCUT2D eigenvalue weighted by Crippen LogP contribution is -2.41. The summed E-state index contributed by atoms with van der Waals surface area (Å²) in [5.74, 6) is 2.36. The molecule has 0 radical (unpaired) electrons. The van der Waals surface area contributed by atoms with Gasteiger partial charge in [0.05, 0.1) is 16.8 Å². The number of carbonyl (C=O) groups is 1. The third kappa shape index (κ3) is 4.82. The summed E-state index contributed by atoms with van der Waals surface area (Å²) in [6.45, 7) is 3.78. The van der Waals surface area contributed by atoms with E-state index in [0.717, 1.165) is 47.4 Å². The predicted molar refractivity (Wildman–Crippen MR) is 133 cm³/mol. The van der Waals surface area contributed by atoms with Crippen LogP contribution in [0, 0.1) is 12.8 Å². The van der Waals surface area contributed by atoms with Crippen LogP contribution in [0.15, 0.2) is 59.3 Å². The Kier molecular flexibility index (Phi) is 6.31. The van der Waals surface area contributed by atoms with Gasteiger partial charge >= 0.3 is 0 Å². The van der Waals surface area contributed by atoms with Crippen LogP contribution in [0.3, 0.4) is 0 Å². The van der Waals surface area contributed by atoms with E-state index < -0.39 is 0 Å². The minimum atomic E-state index is -0.159. The molecule has 1 aromatic carbocycles. The number of hydrogen-bond donors (Lipinski definition) is 2. The molecule has 1 aliphatic heterocycles. The van der Waals surface area contributed by atoms with E-state index in [1.807, 2.05) is 43.3 Å². The molecule has 1 saturated heterocycles. The quantitative estimate of drug-likeness (QED) is 0.402. The number of aryl methyl sites for hydroxylation is 1. The number of piperidine rings is 1. The van der Waals surface area contributed by atoms with E-state index in [-0.39, 0.29) is 11.8 Å². The van der Waals surface area contributed by atoms with E-state index in [0.29, 0.717) is 29.9 Å². The number of anilines is 3. The Hall–Kier alpha value is -3.65. The van der Waals surface area contributed by atoms with E-state index in [9.17, 15) is 4.79 Å². The summed E-state index contributed by atoms with van der Waals surface area (Å²) in [6, 6.07) is 13.2. The standard InChI is InChI=1S/C25H25ClN6O2/c1-16-8-9-22(34-16)31-24(33)18-6-4-12-32(15-18)23-19-14-29-25(30-21(19)10-11-27-23)28-13-17-5-2-3-7-20(17)26/h2-3,5,7-11,14,18H,4,6,12-13,15H2,1H3,(H,31,33)(H,28,29,30). The molecule has 3 aromatic heterocycles. The fourth-order valence-corrected chi connectivity index (χ4v) is 4.41. The van der Waals surface area contributed by atoms with Crippen LogP contribution in [0.5, 0.6) is 0 Å². The summed E-state index contributed by atoms with van der Waals surface area (Å²) >= 11 is 6.24. The van der Waals surface area contributed by atoms with Gasteiger partial charge in [-0.3, -0.25) is 10.1 Å². The number of benzene rings is 1. The van der Waals surface area contributed by atoms with Gasteiger partial charge in [0.15, 0.2) is 5.88 Å². The maximum atomic E-state index is 12.8. The Bertz CT molecular complexity index is 1320. The lowest BCUT2D eigenvalue weighted by atomic mass is 9.97. The zero-order chi connectivity index (χ0) is 23.5. The Morgan fingerprint density at radius 2 is 2.09 bits per heavy atom. The molecule has 4 aromatic rings. The van der Waals surface area contributed by atoms with Gasteiger partial charge in [-0.1, -0.05) is 29.8 Å². The SMILES string of the molecule is Cc1ccc(NC(=O)C2CCCN(c3nccc4nc(NCc5ccccc5Cl)ncc34)C2)o1. The van der Waals surface area contributed by atoms with Crippen molar-refractivity contribution in [2.24, 2.45) is 5.92 Å². The van der Waals surface area contributed by atoms with E-state index >= 15 is 0 Å². The summed E-state index contributed by atoms with van der Waals surface area (Å²) in [5, 5.41) is 7.68. The molecule has 1 fully saturated rings. The molecule has 2 N–H and O–H groups in total. The average Bonchev–Trinajstić information content (AvgIpc) is 3.27. The highest BCUT2D eigenvalue weighted by atomic mass is 35.5. The lowest BCUT2D eigenvalue weighted by molar-refractivity contribution is -0.120. The highest BCUT2D eigenvalue weighted by Gasteiger charge is 2.28. The zero-order valence-corrected chi connectivity index (χ0v) is 19.5. The van der Waals surface area contributed by atoms with Crippen molar-refractivity contribution < 1.29 is 9.21 Å². The van der Waals surface area contributed by atoms with Crippen molar-refractivity contribution in [3.8, 4) is 0 Å². The number of pyridine rings is 1. The lowest BCUT2D eigenvalue weighted by Gasteiger charge is -2.33. The van der Waals surface area contributed by atoms with Gasteiger partial charge in [-0.2, -0.15) is 0 Å². The first kappa shape index (κ1) is 22.2. The number of carbonyl (C=O) groups excluding carboxylic acids is 1. The van der Waals surface area contributed by atoms with Crippen LogP contribution in [0.2, 0.25) is 5.02 Å². The Balaban J connectivity index is 1.31. The molecular formula is C25H25ClN6O2. The second-order valence-electron chi connectivity index (χ2n) is 8.39. The molecule has 34 heavy (non-hydrogen) atoms. The van der Waals surface area contributed by atoms with E-state index in [1.165, 1.54) is 0 Å². The van der Waals surface area contributed by atoms with Crippen LogP contribution in [-0.4, -0.2) is 33.9 Å². The summed E-state index contributed by atoms with van der Waals surface area (Å²) in [5.41, 5.74) is 1.77. The van der Waals surface area contributed by atoms with Gasteiger partial charge < -0.3 is 14.6 Å². The molecule has 0 spiro atoms. The molecule has 1 aliphatic rings. The van der Waals surface area contributed by atoms with Crippen LogP contribution in [0.4, 0.5) is 17.7 Å². The van der Waals surface area contributed by atoms with Crippen molar-refractivity contribution in [2.75, 3.05) is 28.6 Å². The van der Waals surface area contributed by atoms with Crippen molar-refractivity contribution in [1.29, 1.82) is 0 Å². The normalized spacial score (nSPS) is 15.9. The third-order valence-corrected chi connectivity index (χ3v) is 6.33. The summed E-state index contributed by atoms with van der Waals surface area (Å²) < 4.78 is 5.49. The van der Waals surface area contributed by atoms with Gasteiger partial charge in [-0.25, -0.2) is 15.0 Å². The number of nitrogens with one attached hydrogen (secondary N) is 2. The van der Waals surface area contributed by atoms with Gasteiger partial charge in [-0.15, -0.1) is 0 Å². The van der Waals surface area contributed by atoms with Crippen LogP contribution in [-0.2, 0) is 11.3 Å². The molecule has 1 unspecified atom stereocenters. The molecule has 5 rings (SSSR count). The second-order valence-corrected chi connectivity index (χ2v) is 8.80. The van der Waals surface area contributed by atoms with Gasteiger partial charge in [0.1, 0.15) is 11.6 Å². The highest BCUT2D eigenvalue weighted by molar-refractivity contribution is 6.31. The maximum Gasteiger partial charge on any atom is 0.231 e. The van der Waals surface area contributed by atoms with Crippen molar-refractivity contribution in [2.45, 2.75) is 26.3 Å². The number of rotatable bonds is 6. The minimum absolute atomic E-state index is 0.0402. The van der Waals surface area contributed by atoms with Gasteiger partial charge in [0.2, 0.25) is 11.9 Å². The molecule has 4 heterocycles. The van der Waals surface area contributed by atoms with Gasteiger partial charge in [0, 0.05) is 43.1 Å². The van der Waals surface area contributed by atoms with Crippen molar-refractivity contribution >= 4 is 46.1 Å². The number of halogens is 1. The van der Waals surface area contributed by atoms with E-state index in [2.05, 4.69) is 30.5 Å². The van der Waals surface area contributed by atoms with E-state index in [4.69, 9.17) is 16.0 Å². The fraction of sp³-hybridized carbons (Fsp3) is 0.280. The zero-order valence-electron chi connectivity index (χ0n) is 18.8. The van der Waals surface area contributed by atoms with Gasteiger partial charge in [-0.05, 0) is 43.5 Å². The average molecular weight is 477 g/mol. The predicted octanol–water partition coefficient (Wildman–Crippen LogP) is 5.05. The fourth-order valence-electron chi connectivity index (χ4n) is 4.20.